The van der Waals surface area contributed by atoms with E-state index in [1.807, 2.05) is 25.1 Å². The summed E-state index contributed by atoms with van der Waals surface area (Å²) < 4.78 is 0.957. The van der Waals surface area contributed by atoms with Crippen LogP contribution in [-0.4, -0.2) is 17.6 Å². The van der Waals surface area contributed by atoms with Gasteiger partial charge in [0.2, 0.25) is 0 Å². The van der Waals surface area contributed by atoms with E-state index in [0.717, 1.165) is 33.2 Å². The van der Waals surface area contributed by atoms with Gasteiger partial charge < -0.3 is 9.88 Å². The van der Waals surface area contributed by atoms with Crippen LogP contribution in [0.5, 0.6) is 0 Å². The van der Waals surface area contributed by atoms with Gasteiger partial charge in [-0.1, -0.05) is 36.7 Å². The SMILES string of the molecule is Cc1[nH]c2ccc(Br)cc2c(=O)c1C[NH+]1C[C@@]2(C)C[C@@H]1CC(C)(C)C2. The second-order valence-electron chi connectivity index (χ2n) is 9.52. The topological polar surface area (TPSA) is 37.3 Å². The predicted molar refractivity (Wildman–Crippen MR) is 106 cm³/mol. The highest BCUT2D eigenvalue weighted by Crippen LogP contribution is 2.47. The fraction of sp³-hybridized carbons (Fsp3) is 0.571. The number of likely N-dealkylation sites (tertiary alicyclic amines) is 1. The highest BCUT2D eigenvalue weighted by atomic mass is 79.9. The molecule has 0 amide bonds. The molecule has 0 radical (unpaired) electrons. The summed E-state index contributed by atoms with van der Waals surface area (Å²) in [5.74, 6) is 0. The lowest BCUT2D eigenvalue weighted by Crippen LogP contribution is -3.12. The number of hydrogen-bond acceptors (Lipinski definition) is 1. The van der Waals surface area contributed by atoms with Gasteiger partial charge in [-0.25, -0.2) is 0 Å². The maximum atomic E-state index is 13.1. The van der Waals surface area contributed by atoms with Gasteiger partial charge in [0, 0.05) is 39.3 Å². The molecule has 2 aromatic rings. The van der Waals surface area contributed by atoms with Gasteiger partial charge in [0.25, 0.3) is 0 Å². The molecule has 1 saturated heterocycles. The van der Waals surface area contributed by atoms with Crippen molar-refractivity contribution in [2.24, 2.45) is 10.8 Å². The second-order valence-corrected chi connectivity index (χ2v) is 10.4. The summed E-state index contributed by atoms with van der Waals surface area (Å²) in [6, 6.07) is 6.59. The molecule has 2 bridgehead atoms. The molecule has 2 aliphatic rings. The first-order chi connectivity index (χ1) is 11.7. The van der Waals surface area contributed by atoms with Gasteiger partial charge in [0.1, 0.15) is 6.54 Å². The third kappa shape index (κ3) is 3.08. The van der Waals surface area contributed by atoms with Crippen molar-refractivity contribution in [1.29, 1.82) is 0 Å². The third-order valence-corrected chi connectivity index (χ3v) is 6.85. The maximum absolute atomic E-state index is 13.1. The van der Waals surface area contributed by atoms with Crippen molar-refractivity contribution in [3.05, 3.63) is 44.2 Å². The van der Waals surface area contributed by atoms with E-state index in [9.17, 15) is 4.79 Å². The normalized spacial score (nSPS) is 30.8. The number of halogens is 1. The van der Waals surface area contributed by atoms with Crippen LogP contribution in [0.15, 0.2) is 27.5 Å². The van der Waals surface area contributed by atoms with Gasteiger partial charge >= 0.3 is 0 Å². The number of aromatic nitrogens is 1. The lowest BCUT2D eigenvalue weighted by molar-refractivity contribution is -0.928. The van der Waals surface area contributed by atoms with Crippen molar-refractivity contribution < 1.29 is 4.90 Å². The zero-order chi connectivity index (χ0) is 18.0. The molecule has 2 heterocycles. The summed E-state index contributed by atoms with van der Waals surface area (Å²) in [5, 5.41) is 0.795. The molecule has 134 valence electrons. The van der Waals surface area contributed by atoms with E-state index in [2.05, 4.69) is 41.7 Å². The first-order valence-corrected chi connectivity index (χ1v) is 10.1. The summed E-state index contributed by atoms with van der Waals surface area (Å²) in [6.45, 7) is 11.3. The van der Waals surface area contributed by atoms with Crippen LogP contribution < -0.4 is 10.3 Å². The molecule has 1 saturated carbocycles. The van der Waals surface area contributed by atoms with Crippen LogP contribution in [0.4, 0.5) is 0 Å². The molecule has 1 unspecified atom stereocenters. The maximum Gasteiger partial charge on any atom is 0.198 e. The van der Waals surface area contributed by atoms with Gasteiger partial charge in [-0.05, 0) is 37.0 Å². The molecule has 0 spiro atoms. The highest BCUT2D eigenvalue weighted by molar-refractivity contribution is 9.10. The van der Waals surface area contributed by atoms with Crippen molar-refractivity contribution in [3.63, 3.8) is 0 Å². The quantitative estimate of drug-likeness (QED) is 0.789. The summed E-state index contributed by atoms with van der Waals surface area (Å²) in [5.41, 5.74) is 3.98. The number of aryl methyl sites for hydroxylation is 1. The van der Waals surface area contributed by atoms with Gasteiger partial charge in [0.05, 0.1) is 18.2 Å². The predicted octanol–water partition coefficient (Wildman–Crippen LogP) is 3.58. The summed E-state index contributed by atoms with van der Waals surface area (Å²) in [4.78, 5) is 18.2. The number of fused-ring (bicyclic) bond motifs is 3. The van der Waals surface area contributed by atoms with Crippen LogP contribution in [-0.2, 0) is 6.54 Å². The molecule has 4 heteroatoms. The minimum absolute atomic E-state index is 0.200. The molecular weight excluding hydrogens is 376 g/mol. The molecule has 1 aliphatic carbocycles. The third-order valence-electron chi connectivity index (χ3n) is 6.35. The van der Waals surface area contributed by atoms with E-state index in [4.69, 9.17) is 0 Å². The Morgan fingerprint density at radius 1 is 1.28 bits per heavy atom. The molecular formula is C21H28BrN2O+. The monoisotopic (exact) mass is 403 g/mol. The smallest absolute Gasteiger partial charge is 0.198 e. The molecule has 3 nitrogen and oxygen atoms in total. The summed E-state index contributed by atoms with van der Waals surface area (Å²) in [6.07, 6.45) is 3.88. The van der Waals surface area contributed by atoms with E-state index in [1.165, 1.54) is 25.8 Å². The molecule has 4 rings (SSSR count). The number of benzene rings is 1. The molecule has 1 aromatic carbocycles. The summed E-state index contributed by atoms with van der Waals surface area (Å²) in [7, 11) is 0. The Labute approximate surface area is 157 Å². The molecule has 1 aromatic heterocycles. The Bertz CT molecular complexity index is 901. The number of H-pyrrole nitrogens is 1. The molecule has 25 heavy (non-hydrogen) atoms. The molecule has 2 fully saturated rings. The van der Waals surface area contributed by atoms with Crippen LogP contribution in [0.25, 0.3) is 10.9 Å². The average molecular weight is 404 g/mol. The van der Waals surface area contributed by atoms with Crippen molar-refractivity contribution in [1.82, 2.24) is 4.98 Å². The van der Waals surface area contributed by atoms with E-state index < -0.39 is 0 Å². The number of hydrogen-bond donors (Lipinski definition) is 2. The van der Waals surface area contributed by atoms with Crippen LogP contribution in [0.1, 0.15) is 51.3 Å². The molecule has 2 N–H and O–H groups in total. The fourth-order valence-corrected chi connectivity index (χ4v) is 6.18. The largest absolute Gasteiger partial charge is 0.358 e. The van der Waals surface area contributed by atoms with Gasteiger partial charge in [-0.15, -0.1) is 0 Å². The lowest BCUT2D eigenvalue weighted by atomic mass is 9.65. The number of pyridine rings is 1. The number of quaternary nitrogens is 1. The number of rotatable bonds is 2. The Morgan fingerprint density at radius 2 is 2.04 bits per heavy atom. The van der Waals surface area contributed by atoms with Gasteiger partial charge in [0.15, 0.2) is 5.43 Å². The van der Waals surface area contributed by atoms with Crippen molar-refractivity contribution >= 4 is 26.8 Å². The summed E-state index contributed by atoms with van der Waals surface area (Å²) >= 11 is 3.50. The van der Waals surface area contributed by atoms with E-state index in [-0.39, 0.29) is 5.43 Å². The Morgan fingerprint density at radius 3 is 2.80 bits per heavy atom. The van der Waals surface area contributed by atoms with Gasteiger partial charge in [-0.3, -0.25) is 4.79 Å². The lowest BCUT2D eigenvalue weighted by Gasteiger charge is -2.37. The van der Waals surface area contributed by atoms with Crippen LogP contribution in [0.2, 0.25) is 0 Å². The van der Waals surface area contributed by atoms with E-state index >= 15 is 0 Å². The minimum Gasteiger partial charge on any atom is -0.358 e. The van der Waals surface area contributed by atoms with Crippen molar-refractivity contribution in [2.45, 2.75) is 59.5 Å². The highest BCUT2D eigenvalue weighted by Gasteiger charge is 2.52. The van der Waals surface area contributed by atoms with Crippen LogP contribution in [0.3, 0.4) is 0 Å². The second kappa shape index (κ2) is 5.68. The van der Waals surface area contributed by atoms with Crippen molar-refractivity contribution in [2.75, 3.05) is 6.54 Å². The van der Waals surface area contributed by atoms with Crippen LogP contribution >= 0.6 is 15.9 Å². The average Bonchev–Trinajstić information content (AvgIpc) is 2.73. The first kappa shape index (κ1) is 17.3. The zero-order valence-electron chi connectivity index (χ0n) is 15.6. The number of aromatic amines is 1. The first-order valence-electron chi connectivity index (χ1n) is 9.31. The fourth-order valence-electron chi connectivity index (χ4n) is 5.82. The molecule has 3 atom stereocenters. The number of nitrogens with one attached hydrogen (secondary N) is 2. The molecule has 1 aliphatic heterocycles. The van der Waals surface area contributed by atoms with Crippen molar-refractivity contribution in [3.8, 4) is 0 Å². The van der Waals surface area contributed by atoms with E-state index in [1.54, 1.807) is 4.90 Å². The Balaban J connectivity index is 1.71. The van der Waals surface area contributed by atoms with Gasteiger partial charge in [-0.2, -0.15) is 0 Å². The zero-order valence-corrected chi connectivity index (χ0v) is 17.2. The Kier molecular flexibility index (Phi) is 3.93. The Hall–Kier alpha value is -1.13. The standard InChI is InChI=1S/C21H27BrN2O/c1-13-17(19(25)16-7-14(22)5-6-18(16)23-13)10-24-12-21(4)9-15(24)8-20(2,3)11-21/h5-7,15H,8-12H2,1-4H3,(H,23,25)/p+1/t15-,21-/m0/s1. The minimum atomic E-state index is 0.200. The van der Waals surface area contributed by atoms with Crippen LogP contribution in [0, 0.1) is 17.8 Å². The van der Waals surface area contributed by atoms with E-state index in [0.29, 0.717) is 16.9 Å².